The highest BCUT2D eigenvalue weighted by molar-refractivity contribution is 5.97. The van der Waals surface area contributed by atoms with E-state index in [2.05, 4.69) is 5.32 Å². The predicted molar refractivity (Wildman–Crippen MR) is 61.3 cm³/mol. The van der Waals surface area contributed by atoms with Gasteiger partial charge in [-0.05, 0) is 6.92 Å². The number of hydrogen-bond acceptors (Lipinski definition) is 4. The van der Waals surface area contributed by atoms with Gasteiger partial charge in [-0.2, -0.15) is 0 Å². The van der Waals surface area contributed by atoms with E-state index in [1.807, 2.05) is 6.92 Å². The van der Waals surface area contributed by atoms with Crippen molar-refractivity contribution in [1.29, 1.82) is 0 Å². The third-order valence-corrected chi connectivity index (χ3v) is 2.37. The fourth-order valence-corrected chi connectivity index (χ4v) is 1.12. The lowest BCUT2D eigenvalue weighted by Crippen LogP contribution is -2.37. The summed E-state index contributed by atoms with van der Waals surface area (Å²) in [6, 6.07) is 1.10. The Morgan fingerprint density at radius 2 is 2.11 bits per heavy atom. The van der Waals surface area contributed by atoms with E-state index in [0.717, 1.165) is 12.3 Å². The zero-order valence-corrected chi connectivity index (χ0v) is 10.1. The van der Waals surface area contributed by atoms with Crippen LogP contribution in [0.3, 0.4) is 0 Å². The quantitative estimate of drug-likeness (QED) is 0.781. The van der Waals surface area contributed by atoms with Crippen LogP contribution < -0.4 is 5.32 Å². The molecule has 1 rings (SSSR count). The van der Waals surface area contributed by atoms with Crippen molar-refractivity contribution in [3.63, 3.8) is 0 Å². The molecule has 0 atom stereocenters. The minimum absolute atomic E-state index is 0.114. The Balaban J connectivity index is 2.55. The Bertz CT molecular complexity index is 466. The predicted octanol–water partition coefficient (Wildman–Crippen LogP) is 0.186. The van der Waals surface area contributed by atoms with Crippen molar-refractivity contribution in [3.05, 3.63) is 23.7 Å². The summed E-state index contributed by atoms with van der Waals surface area (Å²) in [5, 5.41) is 11.0. The molecule has 0 fully saturated rings. The molecule has 0 bridgehead atoms. The van der Waals surface area contributed by atoms with Gasteiger partial charge in [0.1, 0.15) is 6.26 Å². The van der Waals surface area contributed by atoms with E-state index >= 15 is 0 Å². The van der Waals surface area contributed by atoms with Crippen LogP contribution in [0.1, 0.15) is 27.8 Å². The molecule has 1 heterocycles. The summed E-state index contributed by atoms with van der Waals surface area (Å²) in [5.74, 6) is -2.19. The van der Waals surface area contributed by atoms with Crippen molar-refractivity contribution in [2.45, 2.75) is 6.92 Å². The molecule has 7 heteroatoms. The van der Waals surface area contributed by atoms with E-state index in [-0.39, 0.29) is 23.8 Å². The Morgan fingerprint density at radius 1 is 1.44 bits per heavy atom. The molecule has 98 valence electrons. The maximum absolute atomic E-state index is 11.5. The van der Waals surface area contributed by atoms with Crippen molar-refractivity contribution in [3.8, 4) is 0 Å². The molecule has 1 aromatic heterocycles. The van der Waals surface area contributed by atoms with E-state index in [0.29, 0.717) is 6.54 Å². The van der Waals surface area contributed by atoms with Gasteiger partial charge in [0.2, 0.25) is 5.91 Å². The fourth-order valence-electron chi connectivity index (χ4n) is 1.12. The van der Waals surface area contributed by atoms with E-state index in [1.54, 1.807) is 7.05 Å². The van der Waals surface area contributed by atoms with Crippen LogP contribution >= 0.6 is 0 Å². The number of likely N-dealkylation sites (N-methyl/N-ethyl adjacent to an activating group) is 1. The second-order valence-corrected chi connectivity index (χ2v) is 3.60. The summed E-state index contributed by atoms with van der Waals surface area (Å²) in [6.07, 6.45) is 0.969. The summed E-state index contributed by atoms with van der Waals surface area (Å²) >= 11 is 0. The van der Waals surface area contributed by atoms with E-state index < -0.39 is 11.9 Å². The van der Waals surface area contributed by atoms with Gasteiger partial charge >= 0.3 is 5.97 Å². The molecular formula is C11H14N2O5. The molecule has 7 nitrogen and oxygen atoms in total. The number of furan rings is 1. The number of amides is 2. The van der Waals surface area contributed by atoms with Crippen molar-refractivity contribution in [2.75, 3.05) is 20.1 Å². The lowest BCUT2D eigenvalue weighted by atomic mass is 10.3. The van der Waals surface area contributed by atoms with Crippen molar-refractivity contribution in [2.24, 2.45) is 0 Å². The smallest absolute Gasteiger partial charge is 0.338 e. The Kier molecular flexibility index (Phi) is 4.47. The molecule has 0 aromatic carbocycles. The molecule has 0 saturated carbocycles. The van der Waals surface area contributed by atoms with Gasteiger partial charge in [-0.3, -0.25) is 9.59 Å². The monoisotopic (exact) mass is 254 g/mol. The lowest BCUT2D eigenvalue weighted by molar-refractivity contribution is -0.128. The van der Waals surface area contributed by atoms with Gasteiger partial charge < -0.3 is 19.7 Å². The highest BCUT2D eigenvalue weighted by Gasteiger charge is 2.16. The lowest BCUT2D eigenvalue weighted by Gasteiger charge is -2.14. The second kappa shape index (κ2) is 5.85. The van der Waals surface area contributed by atoms with Crippen LogP contribution in [-0.2, 0) is 4.79 Å². The van der Waals surface area contributed by atoms with Crippen molar-refractivity contribution in [1.82, 2.24) is 10.2 Å². The molecular weight excluding hydrogens is 240 g/mol. The first-order valence-electron chi connectivity index (χ1n) is 5.29. The number of carbonyl (C=O) groups is 3. The second-order valence-electron chi connectivity index (χ2n) is 3.60. The van der Waals surface area contributed by atoms with E-state index in [9.17, 15) is 14.4 Å². The first-order valence-corrected chi connectivity index (χ1v) is 5.29. The third-order valence-electron chi connectivity index (χ3n) is 2.37. The van der Waals surface area contributed by atoms with Crippen LogP contribution in [-0.4, -0.2) is 47.9 Å². The molecule has 2 amide bonds. The zero-order valence-electron chi connectivity index (χ0n) is 10.1. The summed E-state index contributed by atoms with van der Waals surface area (Å²) in [4.78, 5) is 35.0. The largest absolute Gasteiger partial charge is 0.478 e. The average Bonchev–Trinajstić information content (AvgIpc) is 2.84. The van der Waals surface area contributed by atoms with Gasteiger partial charge in [-0.1, -0.05) is 0 Å². The third kappa shape index (κ3) is 3.34. The molecule has 0 unspecified atom stereocenters. The fraction of sp³-hybridized carbons (Fsp3) is 0.364. The standard InChI is InChI=1S/C11H14N2O5/c1-3-13(2)9(14)5-12-10(15)8-4-7(6-18-8)11(16)17/h4,6H,3,5H2,1-2H3,(H,12,15)(H,16,17). The van der Waals surface area contributed by atoms with Crippen LogP contribution in [0.25, 0.3) is 0 Å². The maximum atomic E-state index is 11.5. The number of carboxylic acids is 1. The number of hydrogen-bond donors (Lipinski definition) is 2. The van der Waals surface area contributed by atoms with Crippen LogP contribution in [0.2, 0.25) is 0 Å². The Hall–Kier alpha value is -2.31. The van der Waals surface area contributed by atoms with Gasteiger partial charge in [0, 0.05) is 19.7 Å². The Morgan fingerprint density at radius 3 is 2.61 bits per heavy atom. The molecule has 18 heavy (non-hydrogen) atoms. The molecule has 0 saturated heterocycles. The number of aromatic carboxylic acids is 1. The number of rotatable bonds is 5. The number of nitrogens with zero attached hydrogens (tertiary/aromatic N) is 1. The first kappa shape index (κ1) is 13.8. The van der Waals surface area contributed by atoms with E-state index in [1.165, 1.54) is 4.90 Å². The van der Waals surface area contributed by atoms with Crippen LogP contribution in [0.4, 0.5) is 0 Å². The van der Waals surface area contributed by atoms with Gasteiger partial charge in [0.05, 0.1) is 12.1 Å². The molecule has 0 aliphatic heterocycles. The van der Waals surface area contributed by atoms with Crippen LogP contribution in [0.15, 0.2) is 16.7 Å². The maximum Gasteiger partial charge on any atom is 0.338 e. The number of carboxylic acid groups (broad SMARTS) is 1. The molecule has 0 aliphatic carbocycles. The summed E-state index contributed by atoms with van der Waals surface area (Å²) in [6.45, 7) is 2.19. The highest BCUT2D eigenvalue weighted by atomic mass is 16.4. The topological polar surface area (TPSA) is 99.9 Å². The normalized spacial score (nSPS) is 9.89. The average molecular weight is 254 g/mol. The zero-order chi connectivity index (χ0) is 13.7. The molecule has 1 aromatic rings. The van der Waals surface area contributed by atoms with Crippen LogP contribution in [0, 0.1) is 0 Å². The highest BCUT2D eigenvalue weighted by Crippen LogP contribution is 2.07. The molecule has 0 radical (unpaired) electrons. The van der Waals surface area contributed by atoms with Gasteiger partial charge in [-0.25, -0.2) is 4.79 Å². The van der Waals surface area contributed by atoms with Crippen LogP contribution in [0.5, 0.6) is 0 Å². The summed E-state index contributed by atoms with van der Waals surface area (Å²) in [5.41, 5.74) is -0.114. The first-order chi connectivity index (χ1) is 8.45. The summed E-state index contributed by atoms with van der Waals surface area (Å²) < 4.78 is 4.79. The number of carbonyl (C=O) groups excluding carboxylic acids is 2. The molecule has 0 spiro atoms. The van der Waals surface area contributed by atoms with Crippen molar-refractivity contribution < 1.29 is 23.9 Å². The van der Waals surface area contributed by atoms with Gasteiger partial charge in [0.15, 0.2) is 5.76 Å². The van der Waals surface area contributed by atoms with Gasteiger partial charge in [-0.15, -0.1) is 0 Å². The Labute approximate surface area is 103 Å². The van der Waals surface area contributed by atoms with E-state index in [4.69, 9.17) is 9.52 Å². The van der Waals surface area contributed by atoms with Gasteiger partial charge in [0.25, 0.3) is 5.91 Å². The number of nitrogens with one attached hydrogen (secondary N) is 1. The van der Waals surface area contributed by atoms with Crippen molar-refractivity contribution >= 4 is 17.8 Å². The SMILES string of the molecule is CCN(C)C(=O)CNC(=O)c1cc(C(=O)O)co1. The summed E-state index contributed by atoms with van der Waals surface area (Å²) in [7, 11) is 1.61. The molecule has 2 N–H and O–H groups in total. The minimum Gasteiger partial charge on any atom is -0.478 e. The minimum atomic E-state index is -1.18. The molecule has 0 aliphatic rings.